The number of nitrogens with one attached hydrogen (secondary N) is 1. The first-order valence-corrected chi connectivity index (χ1v) is 8.61. The van der Waals surface area contributed by atoms with Crippen LogP contribution in [0.4, 0.5) is 0 Å². The van der Waals surface area contributed by atoms with E-state index in [0.717, 1.165) is 0 Å². The number of hydrogen-bond donors (Lipinski definition) is 1. The molecule has 0 aliphatic carbocycles. The lowest BCUT2D eigenvalue weighted by molar-refractivity contribution is 0.383. The van der Waals surface area contributed by atoms with Gasteiger partial charge in [-0.15, -0.1) is 0 Å². The van der Waals surface area contributed by atoms with Crippen molar-refractivity contribution in [2.75, 3.05) is 6.61 Å². The fraction of sp³-hybridized carbons (Fsp3) is 0.857. The molecule has 0 saturated carbocycles. The van der Waals surface area contributed by atoms with E-state index >= 15 is 0 Å². The van der Waals surface area contributed by atoms with Crippen LogP contribution in [-0.2, 0) is 16.3 Å². The van der Waals surface area contributed by atoms with Crippen molar-refractivity contribution in [2.24, 2.45) is 0 Å². The average Bonchev–Trinajstić information content (AvgIpc) is 1.82. The molecule has 0 aromatic heterocycles. The molecule has 0 fully saturated rings. The summed E-state index contributed by atoms with van der Waals surface area (Å²) in [5.74, 6) is 0. The van der Waals surface area contributed by atoms with Gasteiger partial charge in [0.15, 0.2) is 0 Å². The van der Waals surface area contributed by atoms with Crippen molar-refractivity contribution in [1.82, 2.24) is 5.09 Å². The molecule has 1 unspecified atom stereocenters. The van der Waals surface area contributed by atoms with Crippen molar-refractivity contribution in [2.45, 2.75) is 32.4 Å². The van der Waals surface area contributed by atoms with E-state index in [4.69, 9.17) is 28.5 Å². The highest BCUT2D eigenvalue weighted by atomic mass is 32.9. The predicted molar refractivity (Wildman–Crippen MR) is 70.0 cm³/mol. The third kappa shape index (κ3) is 6.86. The number of rotatable bonds is 5. The van der Waals surface area contributed by atoms with Crippen molar-refractivity contribution < 1.29 is 4.52 Å². The molecule has 6 heteroatoms. The zero-order chi connectivity index (χ0) is 10.5. The van der Waals surface area contributed by atoms with Crippen LogP contribution in [0.25, 0.3) is 0 Å². The van der Waals surface area contributed by atoms with Crippen molar-refractivity contribution in [3.05, 3.63) is 0 Å². The van der Waals surface area contributed by atoms with Gasteiger partial charge in [-0.2, -0.15) is 0 Å². The number of thiocarbonyl (C=S) groups is 1. The number of hydrogen-bond acceptors (Lipinski definition) is 4. The molecule has 0 aromatic carbocycles. The summed E-state index contributed by atoms with van der Waals surface area (Å²) >= 11 is 11.8. The molecule has 0 aliphatic heterocycles. The third-order valence-electron chi connectivity index (χ3n) is 0.904. The fourth-order valence-corrected chi connectivity index (χ4v) is 8.34. The Labute approximate surface area is 95.1 Å². The van der Waals surface area contributed by atoms with E-state index in [-0.39, 0.29) is 4.75 Å². The quantitative estimate of drug-likeness (QED) is 0.600. The van der Waals surface area contributed by atoms with Gasteiger partial charge >= 0.3 is 0 Å². The van der Waals surface area contributed by atoms with Gasteiger partial charge in [-0.05, 0) is 18.7 Å². The summed E-state index contributed by atoms with van der Waals surface area (Å²) in [5.41, 5.74) is -0.547. The fourth-order valence-electron chi connectivity index (χ4n) is 0.685. The Morgan fingerprint density at radius 2 is 2.08 bits per heavy atom. The van der Waals surface area contributed by atoms with E-state index in [9.17, 15) is 0 Å². The molecular formula is C7H16NOPS3. The standard InChI is InChI=1S/C7H16NOPS3/c1-5-9-10(12,8-6-11)13-7(2,3)4/h6H,5H2,1-4H3,(H,8,11,12). The SMILES string of the molecule is CCOP(=S)(NC=S)SC(C)(C)C. The minimum atomic E-state index is -2.00. The third-order valence-corrected chi connectivity index (χ3v) is 7.33. The predicted octanol–water partition coefficient (Wildman–Crippen LogP) is 3.33. The van der Waals surface area contributed by atoms with Gasteiger partial charge in [-0.25, -0.2) is 0 Å². The normalized spacial score (nSPS) is 16.3. The summed E-state index contributed by atoms with van der Waals surface area (Å²) in [5, 5.41) is 2.97. The minimum absolute atomic E-state index is 0.0933. The monoisotopic (exact) mass is 257 g/mol. The zero-order valence-electron chi connectivity index (χ0n) is 8.36. The van der Waals surface area contributed by atoms with Gasteiger partial charge in [0, 0.05) is 4.75 Å². The molecule has 0 amide bonds. The smallest absolute Gasteiger partial charge is 0.211 e. The van der Waals surface area contributed by atoms with Crippen LogP contribution in [-0.4, -0.2) is 16.8 Å². The molecule has 0 saturated heterocycles. The molecule has 0 spiro atoms. The summed E-state index contributed by atoms with van der Waals surface area (Å²) in [7, 11) is 0. The maximum Gasteiger partial charge on any atom is 0.211 e. The average molecular weight is 257 g/mol. The molecule has 13 heavy (non-hydrogen) atoms. The van der Waals surface area contributed by atoms with Gasteiger partial charge in [-0.3, -0.25) is 0 Å². The van der Waals surface area contributed by atoms with Crippen LogP contribution in [0.15, 0.2) is 0 Å². The molecule has 0 heterocycles. The van der Waals surface area contributed by atoms with E-state index in [0.29, 0.717) is 6.61 Å². The minimum Gasteiger partial charge on any atom is -0.327 e. The first-order chi connectivity index (χ1) is 5.83. The lowest BCUT2D eigenvalue weighted by Crippen LogP contribution is -2.14. The van der Waals surface area contributed by atoms with Gasteiger partial charge in [0.25, 0.3) is 0 Å². The topological polar surface area (TPSA) is 21.3 Å². The molecule has 0 aliphatic rings. The van der Waals surface area contributed by atoms with E-state index in [2.05, 4.69) is 25.9 Å². The van der Waals surface area contributed by atoms with Crippen LogP contribution >= 0.6 is 29.2 Å². The van der Waals surface area contributed by atoms with Crippen molar-refractivity contribution in [3.8, 4) is 0 Å². The first kappa shape index (κ1) is 13.8. The second-order valence-corrected chi connectivity index (χ2v) is 10.8. The van der Waals surface area contributed by atoms with E-state index in [1.165, 1.54) is 5.49 Å². The Hall–Kier alpha value is 0.850. The van der Waals surface area contributed by atoms with Gasteiger partial charge in [0.05, 0.1) is 12.1 Å². The van der Waals surface area contributed by atoms with Gasteiger partial charge < -0.3 is 9.61 Å². The van der Waals surface area contributed by atoms with Crippen LogP contribution in [0.3, 0.4) is 0 Å². The van der Waals surface area contributed by atoms with Crippen molar-refractivity contribution in [3.63, 3.8) is 0 Å². The van der Waals surface area contributed by atoms with Crippen LogP contribution in [0.5, 0.6) is 0 Å². The summed E-state index contributed by atoms with van der Waals surface area (Å²) in [6.07, 6.45) is 0. The summed E-state index contributed by atoms with van der Waals surface area (Å²) < 4.78 is 5.62. The van der Waals surface area contributed by atoms with E-state index < -0.39 is 5.62 Å². The van der Waals surface area contributed by atoms with Crippen LogP contribution in [0, 0.1) is 0 Å². The van der Waals surface area contributed by atoms with Crippen molar-refractivity contribution in [1.29, 1.82) is 0 Å². The Morgan fingerprint density at radius 3 is 2.38 bits per heavy atom. The van der Waals surface area contributed by atoms with Crippen LogP contribution < -0.4 is 5.09 Å². The molecule has 2 nitrogen and oxygen atoms in total. The van der Waals surface area contributed by atoms with Gasteiger partial charge in [0.1, 0.15) is 0 Å². The Kier molecular flexibility index (Phi) is 6.03. The van der Waals surface area contributed by atoms with Crippen LogP contribution in [0.1, 0.15) is 27.7 Å². The molecule has 0 aromatic rings. The highest BCUT2D eigenvalue weighted by Gasteiger charge is 2.25. The lowest BCUT2D eigenvalue weighted by Gasteiger charge is -2.27. The molecule has 1 N–H and O–H groups in total. The second kappa shape index (κ2) is 5.66. The Morgan fingerprint density at radius 1 is 1.54 bits per heavy atom. The summed E-state index contributed by atoms with van der Waals surface area (Å²) in [6.45, 7) is 8.90. The highest BCUT2D eigenvalue weighted by Crippen LogP contribution is 2.60. The maximum atomic E-state index is 5.53. The van der Waals surface area contributed by atoms with Gasteiger partial charge in [0.2, 0.25) is 5.62 Å². The Balaban J connectivity index is 4.41. The largest absolute Gasteiger partial charge is 0.327 e. The Bertz CT molecular complexity index is 214. The summed E-state index contributed by atoms with van der Waals surface area (Å²) in [4.78, 5) is 0. The van der Waals surface area contributed by atoms with Gasteiger partial charge in [-0.1, -0.05) is 44.4 Å². The highest BCUT2D eigenvalue weighted by molar-refractivity contribution is 8.69. The molecule has 0 radical (unpaired) electrons. The second-order valence-electron chi connectivity index (χ2n) is 3.37. The molecular weight excluding hydrogens is 241 g/mol. The van der Waals surface area contributed by atoms with E-state index in [1.807, 2.05) is 6.92 Å². The lowest BCUT2D eigenvalue weighted by atomic mass is 10.3. The van der Waals surface area contributed by atoms with Crippen LogP contribution in [0.2, 0.25) is 0 Å². The summed E-state index contributed by atoms with van der Waals surface area (Å²) in [6, 6.07) is 0. The molecule has 0 rings (SSSR count). The molecule has 78 valence electrons. The van der Waals surface area contributed by atoms with E-state index in [1.54, 1.807) is 11.4 Å². The van der Waals surface area contributed by atoms with Crippen molar-refractivity contribution >= 4 is 46.5 Å². The molecule has 1 atom stereocenters. The zero-order valence-corrected chi connectivity index (χ0v) is 11.7. The molecule has 0 bridgehead atoms. The maximum absolute atomic E-state index is 5.53. The first-order valence-electron chi connectivity index (χ1n) is 4.00.